The third-order valence-corrected chi connectivity index (χ3v) is 3.74. The highest BCUT2D eigenvalue weighted by Gasteiger charge is 2.10. The fourth-order valence-corrected chi connectivity index (χ4v) is 2.59. The summed E-state index contributed by atoms with van der Waals surface area (Å²) in [6.07, 6.45) is 2.11. The first-order valence-corrected chi connectivity index (χ1v) is 7.31. The van der Waals surface area contributed by atoms with Crippen molar-refractivity contribution in [3.63, 3.8) is 0 Å². The summed E-state index contributed by atoms with van der Waals surface area (Å²) >= 11 is 0. The molecule has 23 heavy (non-hydrogen) atoms. The van der Waals surface area contributed by atoms with Crippen LogP contribution in [0.25, 0.3) is 10.9 Å². The smallest absolute Gasteiger partial charge is 0.224 e. The molecule has 118 valence electrons. The van der Waals surface area contributed by atoms with E-state index in [1.54, 1.807) is 6.07 Å². The lowest BCUT2D eigenvalue weighted by Crippen LogP contribution is -2.24. The second kappa shape index (κ2) is 6.52. The summed E-state index contributed by atoms with van der Waals surface area (Å²) in [5, 5.41) is 3.84. The highest BCUT2D eigenvalue weighted by Crippen LogP contribution is 2.20. The van der Waals surface area contributed by atoms with Gasteiger partial charge >= 0.3 is 0 Å². The number of benzene rings is 2. The number of rotatable bonds is 5. The lowest BCUT2D eigenvalue weighted by molar-refractivity contribution is -0.120. The van der Waals surface area contributed by atoms with Gasteiger partial charge in [-0.2, -0.15) is 0 Å². The molecule has 3 aromatic rings. The SMILES string of the molecule is COc1ccc(F)cc1CNC(=O)Cc1c[nH]c2ccccc12. The van der Waals surface area contributed by atoms with Crippen molar-refractivity contribution in [1.29, 1.82) is 0 Å². The number of fused-ring (bicyclic) bond motifs is 1. The Labute approximate surface area is 133 Å². The number of H-pyrrole nitrogens is 1. The molecule has 0 saturated carbocycles. The molecule has 0 radical (unpaired) electrons. The van der Waals surface area contributed by atoms with Gasteiger partial charge in [-0.1, -0.05) is 18.2 Å². The number of methoxy groups -OCH3 is 1. The van der Waals surface area contributed by atoms with Crippen molar-refractivity contribution in [1.82, 2.24) is 10.3 Å². The Kier molecular flexibility index (Phi) is 4.28. The van der Waals surface area contributed by atoms with Crippen molar-refractivity contribution in [2.45, 2.75) is 13.0 Å². The van der Waals surface area contributed by atoms with Gasteiger partial charge in [0.2, 0.25) is 5.91 Å². The second-order valence-electron chi connectivity index (χ2n) is 5.27. The van der Waals surface area contributed by atoms with E-state index in [4.69, 9.17) is 4.74 Å². The molecule has 4 nitrogen and oxygen atoms in total. The Hall–Kier alpha value is -2.82. The molecule has 0 saturated heterocycles. The van der Waals surface area contributed by atoms with Gasteiger partial charge in [-0.25, -0.2) is 4.39 Å². The van der Waals surface area contributed by atoms with Gasteiger partial charge < -0.3 is 15.0 Å². The van der Waals surface area contributed by atoms with Gasteiger partial charge in [-0.15, -0.1) is 0 Å². The normalized spacial score (nSPS) is 10.7. The molecule has 0 aliphatic rings. The summed E-state index contributed by atoms with van der Waals surface area (Å²) in [5.41, 5.74) is 2.55. The molecule has 2 aromatic carbocycles. The van der Waals surface area contributed by atoms with Crippen LogP contribution in [0.1, 0.15) is 11.1 Å². The Morgan fingerprint density at radius 3 is 2.87 bits per heavy atom. The van der Waals surface area contributed by atoms with Crippen LogP contribution in [0.3, 0.4) is 0 Å². The quantitative estimate of drug-likeness (QED) is 0.760. The van der Waals surface area contributed by atoms with E-state index in [0.717, 1.165) is 16.5 Å². The molecule has 5 heteroatoms. The third kappa shape index (κ3) is 3.34. The maximum Gasteiger partial charge on any atom is 0.224 e. The molecule has 1 amide bonds. The highest BCUT2D eigenvalue weighted by atomic mass is 19.1. The van der Waals surface area contributed by atoms with Crippen molar-refractivity contribution in [3.05, 3.63) is 65.6 Å². The second-order valence-corrected chi connectivity index (χ2v) is 5.27. The van der Waals surface area contributed by atoms with E-state index in [1.807, 2.05) is 30.5 Å². The molecule has 0 spiro atoms. The summed E-state index contributed by atoms with van der Waals surface area (Å²) in [6.45, 7) is 0.224. The van der Waals surface area contributed by atoms with E-state index in [1.165, 1.54) is 19.2 Å². The number of halogens is 1. The first kappa shape index (κ1) is 15.1. The van der Waals surface area contributed by atoms with E-state index in [0.29, 0.717) is 11.3 Å². The van der Waals surface area contributed by atoms with Crippen molar-refractivity contribution >= 4 is 16.8 Å². The molecular formula is C18H17FN2O2. The lowest BCUT2D eigenvalue weighted by Gasteiger charge is -2.10. The van der Waals surface area contributed by atoms with Gasteiger partial charge in [0.05, 0.1) is 13.5 Å². The average molecular weight is 312 g/mol. The molecule has 0 aliphatic carbocycles. The molecule has 0 atom stereocenters. The molecule has 1 heterocycles. The van der Waals surface area contributed by atoms with Crippen molar-refractivity contribution in [2.75, 3.05) is 7.11 Å². The number of aromatic nitrogens is 1. The molecule has 0 fully saturated rings. The fourth-order valence-electron chi connectivity index (χ4n) is 2.59. The predicted octanol–water partition coefficient (Wildman–Crippen LogP) is 3.17. The van der Waals surface area contributed by atoms with Crippen LogP contribution in [0.2, 0.25) is 0 Å². The number of hydrogen-bond acceptors (Lipinski definition) is 2. The summed E-state index contributed by atoms with van der Waals surface area (Å²) in [6, 6.07) is 12.1. The zero-order valence-corrected chi connectivity index (χ0v) is 12.7. The third-order valence-electron chi connectivity index (χ3n) is 3.74. The first-order chi connectivity index (χ1) is 11.2. The van der Waals surface area contributed by atoms with E-state index in [9.17, 15) is 9.18 Å². The molecule has 1 aromatic heterocycles. The van der Waals surface area contributed by atoms with E-state index in [-0.39, 0.29) is 24.7 Å². The minimum atomic E-state index is -0.355. The van der Waals surface area contributed by atoms with Crippen LogP contribution in [0, 0.1) is 5.82 Å². The molecule has 3 rings (SSSR count). The van der Waals surface area contributed by atoms with Gasteiger partial charge in [-0.05, 0) is 29.8 Å². The van der Waals surface area contributed by atoms with Gasteiger partial charge in [0.25, 0.3) is 0 Å². The van der Waals surface area contributed by atoms with Gasteiger partial charge in [0.15, 0.2) is 0 Å². The van der Waals surface area contributed by atoms with Crippen molar-refractivity contribution < 1.29 is 13.9 Å². The minimum Gasteiger partial charge on any atom is -0.496 e. The Morgan fingerprint density at radius 1 is 1.22 bits per heavy atom. The van der Waals surface area contributed by atoms with E-state index < -0.39 is 0 Å². The van der Waals surface area contributed by atoms with Crippen LogP contribution in [0.15, 0.2) is 48.7 Å². The molecular weight excluding hydrogens is 295 g/mol. The molecule has 0 bridgehead atoms. The number of amides is 1. The summed E-state index contributed by atoms with van der Waals surface area (Å²) in [7, 11) is 1.52. The Balaban J connectivity index is 1.67. The molecule has 0 unspecified atom stereocenters. The van der Waals surface area contributed by atoms with E-state index in [2.05, 4.69) is 10.3 Å². The Morgan fingerprint density at radius 2 is 2.04 bits per heavy atom. The van der Waals surface area contributed by atoms with Crippen LogP contribution < -0.4 is 10.1 Å². The zero-order valence-electron chi connectivity index (χ0n) is 12.7. The topological polar surface area (TPSA) is 54.1 Å². The first-order valence-electron chi connectivity index (χ1n) is 7.31. The number of carbonyl (C=O) groups is 1. The lowest BCUT2D eigenvalue weighted by atomic mass is 10.1. The monoisotopic (exact) mass is 312 g/mol. The number of hydrogen-bond donors (Lipinski definition) is 2. The van der Waals surface area contributed by atoms with Crippen molar-refractivity contribution in [3.8, 4) is 5.75 Å². The van der Waals surface area contributed by atoms with Crippen molar-refractivity contribution in [2.24, 2.45) is 0 Å². The highest BCUT2D eigenvalue weighted by molar-refractivity contribution is 5.88. The van der Waals surface area contributed by atoms with Crippen LogP contribution in [0.4, 0.5) is 4.39 Å². The maximum atomic E-state index is 13.3. The zero-order chi connectivity index (χ0) is 16.2. The summed E-state index contributed by atoms with van der Waals surface area (Å²) < 4.78 is 18.5. The number of aromatic amines is 1. The molecule has 0 aliphatic heterocycles. The summed E-state index contributed by atoms with van der Waals surface area (Å²) in [4.78, 5) is 15.3. The van der Waals surface area contributed by atoms with Gasteiger partial charge in [-0.3, -0.25) is 4.79 Å². The average Bonchev–Trinajstić information content (AvgIpc) is 2.96. The van der Waals surface area contributed by atoms with Crippen LogP contribution >= 0.6 is 0 Å². The standard InChI is InChI=1S/C18H17FN2O2/c1-23-17-7-6-14(19)8-13(17)11-21-18(22)9-12-10-20-16-5-3-2-4-15(12)16/h2-8,10,20H,9,11H2,1H3,(H,21,22). The van der Waals surface area contributed by atoms with Gasteiger partial charge in [0, 0.05) is 29.2 Å². The minimum absolute atomic E-state index is 0.124. The molecule has 2 N–H and O–H groups in total. The summed E-state index contributed by atoms with van der Waals surface area (Å²) in [5.74, 6) is 0.0755. The number of nitrogens with one attached hydrogen (secondary N) is 2. The number of carbonyl (C=O) groups excluding carboxylic acids is 1. The Bertz CT molecular complexity index is 842. The number of ether oxygens (including phenoxy) is 1. The number of para-hydroxylation sites is 1. The van der Waals surface area contributed by atoms with E-state index >= 15 is 0 Å². The fraction of sp³-hybridized carbons (Fsp3) is 0.167. The predicted molar refractivity (Wildman–Crippen MR) is 86.8 cm³/mol. The largest absolute Gasteiger partial charge is 0.496 e. The van der Waals surface area contributed by atoms with Crippen LogP contribution in [0.5, 0.6) is 5.75 Å². The van der Waals surface area contributed by atoms with Crippen LogP contribution in [-0.4, -0.2) is 18.0 Å². The van der Waals surface area contributed by atoms with Crippen LogP contribution in [-0.2, 0) is 17.8 Å². The van der Waals surface area contributed by atoms with Gasteiger partial charge in [0.1, 0.15) is 11.6 Å². The maximum absolute atomic E-state index is 13.3.